The molecule has 1 aliphatic rings. The van der Waals surface area contributed by atoms with Crippen LogP contribution in [0.1, 0.15) is 44.2 Å². The third-order valence-corrected chi connectivity index (χ3v) is 7.63. The molecule has 39 heavy (non-hydrogen) atoms. The van der Waals surface area contributed by atoms with Crippen LogP contribution in [0.3, 0.4) is 0 Å². The molecule has 0 spiro atoms. The minimum atomic E-state index is -1.73. The van der Waals surface area contributed by atoms with Crippen molar-refractivity contribution in [2.24, 2.45) is 5.41 Å². The number of halogens is 5. The van der Waals surface area contributed by atoms with Crippen molar-refractivity contribution >= 4 is 57.4 Å². The van der Waals surface area contributed by atoms with E-state index in [-0.39, 0.29) is 26.6 Å². The smallest absolute Gasteiger partial charge is 0.321 e. The van der Waals surface area contributed by atoms with Gasteiger partial charge in [0.15, 0.2) is 0 Å². The quantitative estimate of drug-likeness (QED) is 0.202. The molecular weight excluding hydrogens is 660 g/mol. The van der Waals surface area contributed by atoms with Crippen molar-refractivity contribution in [2.45, 2.75) is 50.6 Å². The fraction of sp³-hybridized carbons (Fsp3) is 0.321. The summed E-state index contributed by atoms with van der Waals surface area (Å²) >= 11 is 14.0. The molecule has 4 N–H and O–H groups in total. The lowest BCUT2D eigenvalue weighted by Gasteiger charge is -2.37. The van der Waals surface area contributed by atoms with Gasteiger partial charge in [-0.1, -0.05) is 62.2 Å². The Bertz CT molecular complexity index is 1370. The monoisotopic (exact) mass is 686 g/mol. The first-order valence-corrected chi connectivity index (χ1v) is 13.7. The number of hydrogen-bond acceptors (Lipinski definition) is 5. The molecular formula is C28H27Cl2F2IN4O2. The maximum atomic E-state index is 15.2. The number of nitrogens with two attached hydrogens (primary N) is 1. The summed E-state index contributed by atoms with van der Waals surface area (Å²) in [7, 11) is 0. The molecule has 1 aromatic heterocycles. The van der Waals surface area contributed by atoms with E-state index in [2.05, 4.69) is 39.0 Å². The number of benzene rings is 2. The molecule has 2 heterocycles. The number of carbonyl (C=O) groups is 1. The standard InChI is InChI=1S/C23H22Cl2F2N2O2.C5H5IN2/c1-22(2,3)10-17-23(11-28,14-8-7-12(24)9-16(14)26)18(20(29-17)21(30)31)13-5-4-6-15(25)19(13)27;6-5-2-1-4(7)3-8-5/h4-9,17-18,20,29H,10H2,1-3H3,(H,30,31);1-3H,7H2/t17-,18-,20+,23-;/m0./s1. The Kier molecular flexibility index (Phi) is 9.81. The van der Waals surface area contributed by atoms with Crippen molar-refractivity contribution in [2.75, 3.05) is 5.73 Å². The Balaban J connectivity index is 0.000000449. The van der Waals surface area contributed by atoms with Gasteiger partial charge in [-0.15, -0.1) is 0 Å². The molecule has 0 bridgehead atoms. The highest BCUT2D eigenvalue weighted by Gasteiger charge is 2.61. The number of nitrogens with zero attached hydrogens (tertiary/aromatic N) is 2. The summed E-state index contributed by atoms with van der Waals surface area (Å²) in [4.78, 5) is 16.2. The highest BCUT2D eigenvalue weighted by atomic mass is 127. The van der Waals surface area contributed by atoms with E-state index in [1.54, 1.807) is 6.20 Å². The molecule has 6 nitrogen and oxygen atoms in total. The van der Waals surface area contributed by atoms with E-state index in [1.165, 1.54) is 30.3 Å². The summed E-state index contributed by atoms with van der Waals surface area (Å²) in [5.41, 5.74) is 3.92. The van der Waals surface area contributed by atoms with Crippen molar-refractivity contribution in [3.63, 3.8) is 0 Å². The van der Waals surface area contributed by atoms with Gasteiger partial charge in [-0.25, -0.2) is 13.8 Å². The van der Waals surface area contributed by atoms with Gasteiger partial charge in [0.05, 0.1) is 23.0 Å². The van der Waals surface area contributed by atoms with Gasteiger partial charge < -0.3 is 10.8 Å². The fourth-order valence-corrected chi connectivity index (χ4v) is 5.59. The van der Waals surface area contributed by atoms with Crippen LogP contribution in [0.5, 0.6) is 0 Å². The Morgan fingerprint density at radius 1 is 1.23 bits per heavy atom. The molecule has 11 heteroatoms. The second-order valence-electron chi connectivity index (χ2n) is 10.4. The van der Waals surface area contributed by atoms with Crippen LogP contribution < -0.4 is 11.1 Å². The molecule has 0 aliphatic carbocycles. The lowest BCUT2D eigenvalue weighted by atomic mass is 9.62. The number of aromatic nitrogens is 1. The van der Waals surface area contributed by atoms with E-state index in [4.69, 9.17) is 28.9 Å². The number of carboxylic acid groups (broad SMARTS) is 1. The van der Waals surface area contributed by atoms with E-state index in [0.717, 1.165) is 9.77 Å². The lowest BCUT2D eigenvalue weighted by Crippen LogP contribution is -2.44. The maximum absolute atomic E-state index is 15.2. The van der Waals surface area contributed by atoms with Gasteiger partial charge in [0.2, 0.25) is 0 Å². The summed E-state index contributed by atoms with van der Waals surface area (Å²) in [6.07, 6.45) is 1.98. The zero-order valence-electron chi connectivity index (χ0n) is 21.4. The molecule has 2 aromatic carbocycles. The summed E-state index contributed by atoms with van der Waals surface area (Å²) in [5, 5.41) is 23.4. The van der Waals surface area contributed by atoms with Crippen LogP contribution in [-0.2, 0) is 10.2 Å². The lowest BCUT2D eigenvalue weighted by molar-refractivity contribution is -0.139. The number of hydrogen-bond donors (Lipinski definition) is 3. The first-order valence-electron chi connectivity index (χ1n) is 11.9. The van der Waals surface area contributed by atoms with E-state index >= 15 is 8.78 Å². The molecule has 0 amide bonds. The van der Waals surface area contributed by atoms with Crippen molar-refractivity contribution in [1.29, 1.82) is 5.26 Å². The molecule has 1 fully saturated rings. The molecule has 1 aliphatic heterocycles. The van der Waals surface area contributed by atoms with Crippen LogP contribution in [0.4, 0.5) is 14.5 Å². The number of nitrogen functional groups attached to an aromatic ring is 1. The Morgan fingerprint density at radius 3 is 2.44 bits per heavy atom. The van der Waals surface area contributed by atoms with Gasteiger partial charge in [0, 0.05) is 22.5 Å². The predicted octanol–water partition coefficient (Wildman–Crippen LogP) is 6.95. The highest BCUT2D eigenvalue weighted by molar-refractivity contribution is 14.1. The number of pyridine rings is 1. The topological polar surface area (TPSA) is 112 Å². The maximum Gasteiger partial charge on any atom is 0.321 e. The third-order valence-electron chi connectivity index (χ3n) is 6.47. The fourth-order valence-electron chi connectivity index (χ4n) is 4.93. The van der Waals surface area contributed by atoms with Crippen LogP contribution in [-0.4, -0.2) is 28.1 Å². The van der Waals surface area contributed by atoms with Crippen LogP contribution >= 0.6 is 45.8 Å². The second kappa shape index (κ2) is 12.3. The first kappa shape index (κ1) is 31.0. The zero-order valence-corrected chi connectivity index (χ0v) is 25.0. The molecule has 206 valence electrons. The molecule has 4 rings (SSSR count). The average Bonchev–Trinajstić information content (AvgIpc) is 3.16. The van der Waals surface area contributed by atoms with E-state index in [0.29, 0.717) is 12.1 Å². The normalized spacial score (nSPS) is 22.5. The third kappa shape index (κ3) is 6.80. The summed E-state index contributed by atoms with van der Waals surface area (Å²) in [6, 6.07) is 11.9. The zero-order chi connectivity index (χ0) is 29.1. The Labute approximate surface area is 249 Å². The predicted molar refractivity (Wildman–Crippen MR) is 157 cm³/mol. The van der Waals surface area contributed by atoms with Gasteiger partial charge in [-0.3, -0.25) is 10.1 Å². The van der Waals surface area contributed by atoms with E-state index in [9.17, 15) is 15.2 Å². The van der Waals surface area contributed by atoms with Crippen LogP contribution in [0.2, 0.25) is 10.0 Å². The average molecular weight is 687 g/mol. The van der Waals surface area contributed by atoms with Crippen LogP contribution in [0.25, 0.3) is 0 Å². The number of anilines is 1. The van der Waals surface area contributed by atoms with Crippen molar-refractivity contribution in [3.05, 3.63) is 91.2 Å². The van der Waals surface area contributed by atoms with E-state index < -0.39 is 41.0 Å². The number of carboxylic acids is 1. The minimum Gasteiger partial charge on any atom is -0.480 e. The van der Waals surface area contributed by atoms with E-state index in [1.807, 2.05) is 32.9 Å². The van der Waals surface area contributed by atoms with Crippen molar-refractivity contribution in [1.82, 2.24) is 10.3 Å². The molecule has 4 atom stereocenters. The van der Waals surface area contributed by atoms with Crippen molar-refractivity contribution in [3.8, 4) is 6.07 Å². The summed E-state index contributed by atoms with van der Waals surface area (Å²) in [6.45, 7) is 5.79. The Morgan fingerprint density at radius 2 is 1.92 bits per heavy atom. The van der Waals surface area contributed by atoms with Gasteiger partial charge in [0.25, 0.3) is 0 Å². The molecule has 3 aromatic rings. The first-order chi connectivity index (χ1) is 18.2. The number of nitrogens with one attached hydrogen (secondary N) is 1. The number of rotatable bonds is 4. The van der Waals surface area contributed by atoms with Crippen molar-refractivity contribution < 1.29 is 18.7 Å². The van der Waals surface area contributed by atoms with Gasteiger partial charge in [-0.05, 0) is 70.3 Å². The number of nitriles is 1. The number of aliphatic carboxylic acids is 1. The molecule has 0 saturated carbocycles. The largest absolute Gasteiger partial charge is 0.480 e. The van der Waals surface area contributed by atoms with Crippen LogP contribution in [0.15, 0.2) is 54.7 Å². The van der Waals surface area contributed by atoms with Gasteiger partial charge in [-0.2, -0.15) is 5.26 Å². The highest BCUT2D eigenvalue weighted by Crippen LogP contribution is 2.52. The SMILES string of the molecule is CC(C)(C)C[C@@H]1N[C@@H](C(=O)O)[C@H](c2cccc(Cl)c2F)[C@@]1(C#N)c1ccc(Cl)cc1F.Nc1ccc(I)nc1. The van der Waals surface area contributed by atoms with Crippen LogP contribution in [0, 0.1) is 32.1 Å². The molecule has 1 saturated heterocycles. The minimum absolute atomic E-state index is 0.0331. The summed E-state index contributed by atoms with van der Waals surface area (Å²) in [5.74, 6) is -4.09. The molecule has 0 radical (unpaired) electrons. The molecule has 0 unspecified atom stereocenters. The van der Waals surface area contributed by atoms with Gasteiger partial charge in [0.1, 0.15) is 26.8 Å². The summed E-state index contributed by atoms with van der Waals surface area (Å²) < 4.78 is 31.3. The Hall–Kier alpha value is -2.52. The van der Waals surface area contributed by atoms with Gasteiger partial charge >= 0.3 is 5.97 Å². The second-order valence-corrected chi connectivity index (χ2v) is 12.4.